The predicted octanol–water partition coefficient (Wildman–Crippen LogP) is 4.97. The first-order chi connectivity index (χ1) is 10.6. The van der Waals surface area contributed by atoms with E-state index in [4.69, 9.17) is 0 Å². The number of pyridine rings is 1. The lowest BCUT2D eigenvalue weighted by Crippen LogP contribution is -1.99. The molecule has 0 atom stereocenters. The number of hydrogen-bond donors (Lipinski definition) is 0. The highest BCUT2D eigenvalue weighted by atomic mass is 19.2. The Bertz CT molecular complexity index is 814. The van der Waals surface area contributed by atoms with E-state index in [1.54, 1.807) is 6.07 Å². The molecular weight excluding hydrogens is 294 g/mol. The van der Waals surface area contributed by atoms with Gasteiger partial charge in [0.1, 0.15) is 0 Å². The van der Waals surface area contributed by atoms with Gasteiger partial charge in [0.25, 0.3) is 0 Å². The summed E-state index contributed by atoms with van der Waals surface area (Å²) in [6, 6.07) is 13.0. The molecule has 1 nitrogen and oxygen atoms in total. The smallest absolute Gasteiger partial charge is 0.198 e. The zero-order valence-corrected chi connectivity index (χ0v) is 11.2. The van der Waals surface area contributed by atoms with Crippen LogP contribution >= 0.6 is 0 Å². The number of hydrogen-bond acceptors (Lipinski definition) is 1. The van der Waals surface area contributed by atoms with E-state index in [-0.39, 0.29) is 5.69 Å². The van der Waals surface area contributed by atoms with Gasteiger partial charge in [-0.3, -0.25) is 4.98 Å². The molecule has 0 amide bonds. The van der Waals surface area contributed by atoms with Gasteiger partial charge in [0.2, 0.25) is 0 Å². The van der Waals surface area contributed by atoms with Gasteiger partial charge in [0.15, 0.2) is 23.3 Å². The Morgan fingerprint density at radius 2 is 1.41 bits per heavy atom. The molecule has 0 radical (unpaired) electrons. The van der Waals surface area contributed by atoms with Gasteiger partial charge in [0.05, 0.1) is 5.69 Å². The van der Waals surface area contributed by atoms with Crippen molar-refractivity contribution >= 4 is 0 Å². The zero-order chi connectivity index (χ0) is 15.7. The minimum Gasteiger partial charge on any atom is -0.256 e. The van der Waals surface area contributed by atoms with Gasteiger partial charge in [-0.15, -0.1) is 0 Å². The van der Waals surface area contributed by atoms with Crippen LogP contribution in [-0.4, -0.2) is 4.98 Å². The summed E-state index contributed by atoms with van der Waals surface area (Å²) < 4.78 is 53.2. The maximum Gasteiger partial charge on any atom is 0.198 e. The van der Waals surface area contributed by atoms with E-state index in [9.17, 15) is 17.6 Å². The van der Waals surface area contributed by atoms with Crippen molar-refractivity contribution in [2.75, 3.05) is 0 Å². The Labute approximate surface area is 123 Å². The molecule has 1 heterocycles. The molecule has 0 fully saturated rings. The number of nitrogens with zero attached hydrogens (tertiary/aromatic N) is 1. The molecule has 3 aromatic rings. The van der Waals surface area contributed by atoms with Crippen LogP contribution in [0.5, 0.6) is 0 Å². The van der Waals surface area contributed by atoms with Gasteiger partial charge in [-0.1, -0.05) is 36.4 Å². The fourth-order valence-electron chi connectivity index (χ4n) is 2.11. The minimum absolute atomic E-state index is 0.0231. The van der Waals surface area contributed by atoms with Crippen molar-refractivity contribution in [1.82, 2.24) is 4.98 Å². The van der Waals surface area contributed by atoms with Crippen LogP contribution in [0, 0.1) is 23.3 Å². The molecule has 1 aromatic heterocycles. The zero-order valence-electron chi connectivity index (χ0n) is 11.2. The van der Waals surface area contributed by atoms with Crippen molar-refractivity contribution in [1.29, 1.82) is 0 Å². The fourth-order valence-corrected chi connectivity index (χ4v) is 2.11. The Morgan fingerprint density at radius 3 is 2.05 bits per heavy atom. The summed E-state index contributed by atoms with van der Waals surface area (Å²) in [6.45, 7) is 0. The molecule has 3 rings (SSSR count). The SMILES string of the molecule is Fc1cc(-c2ccc(-c3ccccc3)cn2)c(F)c(F)c1F. The van der Waals surface area contributed by atoms with Gasteiger partial charge in [0, 0.05) is 17.3 Å². The van der Waals surface area contributed by atoms with Crippen LogP contribution in [-0.2, 0) is 0 Å². The first-order valence-corrected chi connectivity index (χ1v) is 6.43. The maximum absolute atomic E-state index is 13.7. The first-order valence-electron chi connectivity index (χ1n) is 6.43. The largest absolute Gasteiger partial charge is 0.256 e. The summed E-state index contributed by atoms with van der Waals surface area (Å²) in [7, 11) is 0. The highest BCUT2D eigenvalue weighted by Gasteiger charge is 2.20. The highest BCUT2D eigenvalue weighted by molar-refractivity contribution is 5.67. The first kappa shape index (κ1) is 14.3. The van der Waals surface area contributed by atoms with Gasteiger partial charge in [-0.05, 0) is 17.7 Å². The molecule has 0 aliphatic heterocycles. The molecular formula is C17H9F4N. The molecule has 0 N–H and O–H groups in total. The van der Waals surface area contributed by atoms with Crippen LogP contribution in [0.25, 0.3) is 22.4 Å². The van der Waals surface area contributed by atoms with Crippen molar-refractivity contribution in [3.8, 4) is 22.4 Å². The topological polar surface area (TPSA) is 12.9 Å². The molecule has 0 aliphatic rings. The third kappa shape index (κ3) is 2.45. The van der Waals surface area contributed by atoms with Gasteiger partial charge >= 0.3 is 0 Å². The lowest BCUT2D eigenvalue weighted by Gasteiger charge is -2.07. The molecule has 0 aliphatic carbocycles. The van der Waals surface area contributed by atoms with E-state index in [1.165, 1.54) is 12.3 Å². The van der Waals surface area contributed by atoms with Crippen LogP contribution < -0.4 is 0 Å². The van der Waals surface area contributed by atoms with Crippen LogP contribution in [0.15, 0.2) is 54.7 Å². The molecule has 0 unspecified atom stereocenters. The lowest BCUT2D eigenvalue weighted by molar-refractivity contribution is 0.410. The summed E-state index contributed by atoms with van der Waals surface area (Å²) in [6.07, 6.45) is 1.46. The molecule has 0 bridgehead atoms. The number of aromatic nitrogens is 1. The van der Waals surface area contributed by atoms with E-state index >= 15 is 0 Å². The third-order valence-corrected chi connectivity index (χ3v) is 3.25. The van der Waals surface area contributed by atoms with Crippen molar-refractivity contribution in [2.45, 2.75) is 0 Å². The number of halogens is 4. The van der Waals surface area contributed by atoms with E-state index in [1.807, 2.05) is 30.3 Å². The standard InChI is InChI=1S/C17H9F4N/c18-13-8-12(15(19)17(21)16(13)20)14-7-6-11(9-22-14)10-4-2-1-3-5-10/h1-9H. The maximum atomic E-state index is 13.7. The Hall–Kier alpha value is -2.69. The van der Waals surface area contributed by atoms with Crippen LogP contribution in [0.1, 0.15) is 0 Å². The summed E-state index contributed by atoms with van der Waals surface area (Å²) in [5, 5.41) is 0. The summed E-state index contributed by atoms with van der Waals surface area (Å²) in [4.78, 5) is 4.00. The second kappa shape index (κ2) is 5.60. The molecule has 22 heavy (non-hydrogen) atoms. The predicted molar refractivity (Wildman–Crippen MR) is 74.9 cm³/mol. The summed E-state index contributed by atoms with van der Waals surface area (Å²) in [5.74, 6) is -6.59. The third-order valence-electron chi connectivity index (χ3n) is 3.25. The monoisotopic (exact) mass is 303 g/mol. The number of benzene rings is 2. The Morgan fingerprint density at radius 1 is 0.682 bits per heavy atom. The van der Waals surface area contributed by atoms with Gasteiger partial charge in [-0.2, -0.15) is 0 Å². The minimum atomic E-state index is -1.84. The average Bonchev–Trinajstić information content (AvgIpc) is 2.57. The average molecular weight is 303 g/mol. The fraction of sp³-hybridized carbons (Fsp3) is 0. The summed E-state index contributed by atoms with van der Waals surface area (Å²) >= 11 is 0. The Kier molecular flexibility index (Phi) is 3.63. The van der Waals surface area contributed by atoms with Gasteiger partial charge in [-0.25, -0.2) is 17.6 Å². The van der Waals surface area contributed by atoms with E-state index in [0.29, 0.717) is 6.07 Å². The Balaban J connectivity index is 2.04. The normalized spacial score (nSPS) is 10.7. The number of rotatable bonds is 2. The molecule has 5 heteroatoms. The van der Waals surface area contributed by atoms with E-state index in [0.717, 1.165) is 11.1 Å². The van der Waals surface area contributed by atoms with Crippen LogP contribution in [0.2, 0.25) is 0 Å². The van der Waals surface area contributed by atoms with E-state index < -0.39 is 28.8 Å². The van der Waals surface area contributed by atoms with Crippen molar-refractivity contribution in [3.05, 3.63) is 78.0 Å². The van der Waals surface area contributed by atoms with Crippen molar-refractivity contribution in [3.63, 3.8) is 0 Å². The molecule has 0 saturated carbocycles. The second-order valence-electron chi connectivity index (χ2n) is 4.65. The molecule has 0 saturated heterocycles. The van der Waals surface area contributed by atoms with E-state index in [2.05, 4.69) is 4.98 Å². The quantitative estimate of drug-likeness (QED) is 0.370. The molecule has 0 spiro atoms. The summed E-state index contributed by atoms with van der Waals surface area (Å²) in [5.41, 5.74) is 1.28. The van der Waals surface area contributed by atoms with Crippen molar-refractivity contribution in [2.24, 2.45) is 0 Å². The molecule has 2 aromatic carbocycles. The highest BCUT2D eigenvalue weighted by Crippen LogP contribution is 2.28. The van der Waals surface area contributed by atoms with Gasteiger partial charge < -0.3 is 0 Å². The molecule has 110 valence electrons. The second-order valence-corrected chi connectivity index (χ2v) is 4.65. The van der Waals surface area contributed by atoms with Crippen molar-refractivity contribution < 1.29 is 17.6 Å². The van der Waals surface area contributed by atoms with Crippen LogP contribution in [0.3, 0.4) is 0 Å². The lowest BCUT2D eigenvalue weighted by atomic mass is 10.1. The van der Waals surface area contributed by atoms with Crippen LogP contribution in [0.4, 0.5) is 17.6 Å².